The summed E-state index contributed by atoms with van der Waals surface area (Å²) in [7, 11) is 0. The maximum absolute atomic E-state index is 12.6. The van der Waals surface area contributed by atoms with Gasteiger partial charge >= 0.3 is 5.97 Å². The van der Waals surface area contributed by atoms with E-state index in [2.05, 4.69) is 6.92 Å². The molecule has 1 aliphatic carbocycles. The smallest absolute Gasteiger partial charge is 0.335 e. The lowest BCUT2D eigenvalue weighted by molar-refractivity contribution is -0.119. The summed E-state index contributed by atoms with van der Waals surface area (Å²) in [5.74, 6) is -0.383. The number of benzene rings is 2. The molecule has 1 saturated carbocycles. The fraction of sp³-hybridized carbons (Fsp3) is 0.462. The minimum absolute atomic E-state index is 0.0745. The Kier molecular flexibility index (Phi) is 7.81. The van der Waals surface area contributed by atoms with Crippen molar-refractivity contribution in [2.45, 2.75) is 70.3 Å². The molecule has 0 bridgehead atoms. The number of carboxylic acids is 1. The van der Waals surface area contributed by atoms with Gasteiger partial charge in [-0.25, -0.2) is 4.79 Å². The van der Waals surface area contributed by atoms with Gasteiger partial charge < -0.3 is 10.2 Å². The zero-order valence-corrected chi connectivity index (χ0v) is 17.7. The molecule has 3 atom stereocenters. The van der Waals surface area contributed by atoms with Crippen LogP contribution >= 0.6 is 0 Å². The van der Waals surface area contributed by atoms with Gasteiger partial charge in [-0.15, -0.1) is 0 Å². The van der Waals surface area contributed by atoms with Crippen LogP contribution < -0.4 is 0 Å². The van der Waals surface area contributed by atoms with Crippen LogP contribution in [0.3, 0.4) is 0 Å². The predicted octanol–water partition coefficient (Wildman–Crippen LogP) is 5.69. The van der Waals surface area contributed by atoms with E-state index in [0.717, 1.165) is 61.6 Å². The van der Waals surface area contributed by atoms with E-state index in [4.69, 9.17) is 5.11 Å². The molecule has 1 aliphatic rings. The van der Waals surface area contributed by atoms with Crippen LogP contribution in [-0.4, -0.2) is 22.0 Å². The van der Waals surface area contributed by atoms with E-state index >= 15 is 0 Å². The van der Waals surface area contributed by atoms with Gasteiger partial charge in [0.2, 0.25) is 0 Å². The highest BCUT2D eigenvalue weighted by Crippen LogP contribution is 2.40. The van der Waals surface area contributed by atoms with E-state index in [-0.39, 0.29) is 5.92 Å². The first kappa shape index (κ1) is 22.2. The number of ketones is 1. The lowest BCUT2D eigenvalue weighted by Gasteiger charge is -2.20. The molecular weight excluding hydrogens is 376 g/mol. The van der Waals surface area contributed by atoms with Crippen LogP contribution in [-0.2, 0) is 11.2 Å². The maximum atomic E-state index is 12.6. The number of aromatic carboxylic acids is 1. The Balaban J connectivity index is 1.62. The Hall–Kier alpha value is -2.46. The van der Waals surface area contributed by atoms with Gasteiger partial charge in [0.25, 0.3) is 0 Å². The summed E-state index contributed by atoms with van der Waals surface area (Å²) in [5.41, 5.74) is 3.37. The molecular formula is C26H32O4. The standard InChI is InChI=1S/C26H32O4/c1-2-3-4-5-23(27)19-12-14-21(15-13-19)25-20(16-17-24(25)28)9-6-18-7-10-22(11-8-18)26(29)30/h7-8,10-15,20,23,25,27H,2-6,9,16-17H2,1H3,(H,29,30)/t20-,23?,25+/m1/s1. The molecule has 30 heavy (non-hydrogen) atoms. The Bertz CT molecular complexity index is 838. The highest BCUT2D eigenvalue weighted by molar-refractivity contribution is 5.88. The largest absolute Gasteiger partial charge is 0.478 e. The van der Waals surface area contributed by atoms with E-state index < -0.39 is 12.1 Å². The van der Waals surface area contributed by atoms with Crippen molar-refractivity contribution in [3.05, 3.63) is 70.8 Å². The molecule has 0 saturated heterocycles. The zero-order valence-electron chi connectivity index (χ0n) is 17.7. The van der Waals surface area contributed by atoms with Gasteiger partial charge in [0.1, 0.15) is 5.78 Å². The van der Waals surface area contributed by atoms with Crippen molar-refractivity contribution in [2.24, 2.45) is 5.92 Å². The molecule has 4 nitrogen and oxygen atoms in total. The molecule has 4 heteroatoms. The Labute approximate surface area is 179 Å². The Morgan fingerprint density at radius 1 is 1.07 bits per heavy atom. The van der Waals surface area contributed by atoms with Crippen molar-refractivity contribution < 1.29 is 19.8 Å². The van der Waals surface area contributed by atoms with Crippen LogP contribution in [0.2, 0.25) is 0 Å². The zero-order chi connectivity index (χ0) is 21.5. The van der Waals surface area contributed by atoms with Crippen LogP contribution in [0.4, 0.5) is 0 Å². The lowest BCUT2D eigenvalue weighted by Crippen LogP contribution is -2.14. The minimum Gasteiger partial charge on any atom is -0.478 e. The third-order valence-electron chi connectivity index (χ3n) is 6.35. The highest BCUT2D eigenvalue weighted by Gasteiger charge is 2.35. The first-order valence-corrected chi connectivity index (χ1v) is 11.1. The van der Waals surface area contributed by atoms with Gasteiger partial charge in [-0.3, -0.25) is 4.79 Å². The van der Waals surface area contributed by atoms with Crippen LogP contribution in [0.15, 0.2) is 48.5 Å². The van der Waals surface area contributed by atoms with E-state index in [1.807, 2.05) is 36.4 Å². The Morgan fingerprint density at radius 2 is 1.77 bits per heavy atom. The maximum Gasteiger partial charge on any atom is 0.335 e. The minimum atomic E-state index is -0.915. The first-order valence-electron chi connectivity index (χ1n) is 11.1. The summed E-state index contributed by atoms with van der Waals surface area (Å²) in [5, 5.41) is 19.4. The van der Waals surface area contributed by atoms with E-state index in [1.165, 1.54) is 0 Å². The van der Waals surface area contributed by atoms with Crippen molar-refractivity contribution in [1.29, 1.82) is 0 Å². The van der Waals surface area contributed by atoms with Gasteiger partial charge in [-0.1, -0.05) is 62.6 Å². The fourth-order valence-electron chi connectivity index (χ4n) is 4.53. The second-order valence-electron chi connectivity index (χ2n) is 8.46. The molecule has 0 spiro atoms. The van der Waals surface area contributed by atoms with Crippen molar-refractivity contribution in [3.63, 3.8) is 0 Å². The van der Waals surface area contributed by atoms with Gasteiger partial charge in [-0.05, 0) is 60.4 Å². The SMILES string of the molecule is CCCCCC(O)c1ccc([C@H]2C(=O)CC[C@H]2CCc2ccc(C(=O)O)cc2)cc1. The van der Waals surface area contributed by atoms with Crippen LogP contribution in [0, 0.1) is 5.92 Å². The second-order valence-corrected chi connectivity index (χ2v) is 8.46. The summed E-state index contributed by atoms with van der Waals surface area (Å²) < 4.78 is 0. The molecule has 0 amide bonds. The molecule has 1 unspecified atom stereocenters. The fourth-order valence-corrected chi connectivity index (χ4v) is 4.53. The summed E-state index contributed by atoms with van der Waals surface area (Å²) in [6.07, 6.45) is 6.90. The average molecular weight is 409 g/mol. The molecule has 1 fully saturated rings. The summed E-state index contributed by atoms with van der Waals surface area (Å²) in [6, 6.07) is 15.0. The number of Topliss-reactive ketones (excluding diaryl/α,β-unsaturated/α-hetero) is 1. The monoisotopic (exact) mass is 408 g/mol. The quantitative estimate of drug-likeness (QED) is 0.495. The number of unbranched alkanes of at least 4 members (excludes halogenated alkanes) is 2. The number of rotatable bonds is 10. The van der Waals surface area contributed by atoms with Crippen molar-refractivity contribution in [3.8, 4) is 0 Å². The van der Waals surface area contributed by atoms with E-state index in [0.29, 0.717) is 23.7 Å². The van der Waals surface area contributed by atoms with Crippen molar-refractivity contribution in [1.82, 2.24) is 0 Å². The van der Waals surface area contributed by atoms with Crippen LogP contribution in [0.5, 0.6) is 0 Å². The molecule has 3 rings (SSSR count). The topological polar surface area (TPSA) is 74.6 Å². The number of carboxylic acid groups (broad SMARTS) is 1. The number of carbonyl (C=O) groups excluding carboxylic acids is 1. The summed E-state index contributed by atoms with van der Waals surface area (Å²) in [6.45, 7) is 2.15. The highest BCUT2D eigenvalue weighted by atomic mass is 16.4. The third-order valence-corrected chi connectivity index (χ3v) is 6.35. The van der Waals surface area contributed by atoms with Crippen LogP contribution in [0.1, 0.15) is 90.9 Å². The van der Waals surface area contributed by atoms with Gasteiger partial charge in [0.15, 0.2) is 0 Å². The lowest BCUT2D eigenvalue weighted by atomic mass is 9.84. The number of aryl methyl sites for hydroxylation is 1. The average Bonchev–Trinajstić information content (AvgIpc) is 3.13. The molecule has 0 aliphatic heterocycles. The second kappa shape index (κ2) is 10.5. The third kappa shape index (κ3) is 5.57. The van der Waals surface area contributed by atoms with Gasteiger partial charge in [-0.2, -0.15) is 0 Å². The predicted molar refractivity (Wildman–Crippen MR) is 118 cm³/mol. The number of aliphatic hydroxyl groups excluding tert-OH is 1. The summed E-state index contributed by atoms with van der Waals surface area (Å²) >= 11 is 0. The first-order chi connectivity index (χ1) is 14.5. The molecule has 2 N–H and O–H groups in total. The van der Waals surface area contributed by atoms with E-state index in [1.54, 1.807) is 12.1 Å². The molecule has 0 heterocycles. The molecule has 0 radical (unpaired) electrons. The molecule has 0 aromatic heterocycles. The van der Waals surface area contributed by atoms with Crippen molar-refractivity contribution >= 4 is 11.8 Å². The number of hydrogen-bond acceptors (Lipinski definition) is 3. The number of carbonyl (C=O) groups is 2. The molecule has 2 aromatic rings. The van der Waals surface area contributed by atoms with E-state index in [9.17, 15) is 14.7 Å². The molecule has 2 aromatic carbocycles. The number of hydrogen-bond donors (Lipinski definition) is 2. The van der Waals surface area contributed by atoms with Gasteiger partial charge in [0, 0.05) is 12.3 Å². The van der Waals surface area contributed by atoms with Crippen molar-refractivity contribution in [2.75, 3.05) is 0 Å². The van der Waals surface area contributed by atoms with Gasteiger partial charge in [0.05, 0.1) is 11.7 Å². The normalized spacial score (nSPS) is 19.7. The molecule has 160 valence electrons. The summed E-state index contributed by atoms with van der Waals surface area (Å²) in [4.78, 5) is 23.6. The van der Waals surface area contributed by atoms with Crippen LogP contribution in [0.25, 0.3) is 0 Å². The Morgan fingerprint density at radius 3 is 2.40 bits per heavy atom. The number of aliphatic hydroxyl groups is 1.